The highest BCUT2D eigenvalue weighted by Gasteiger charge is 2.13. The quantitative estimate of drug-likeness (QED) is 0.627. The van der Waals surface area contributed by atoms with Crippen LogP contribution in [0.2, 0.25) is 0 Å². The summed E-state index contributed by atoms with van der Waals surface area (Å²) in [7, 11) is -3.32. The summed E-state index contributed by atoms with van der Waals surface area (Å²) in [6.45, 7) is 0.0198. The molecule has 0 bridgehead atoms. The van der Waals surface area contributed by atoms with Crippen molar-refractivity contribution in [1.29, 1.82) is 10.5 Å². The molecule has 0 saturated carbocycles. The molecule has 0 amide bonds. The van der Waals surface area contributed by atoms with Crippen LogP contribution in [0.3, 0.4) is 0 Å². The minimum atomic E-state index is -3.32. The van der Waals surface area contributed by atoms with Crippen molar-refractivity contribution in [2.75, 3.05) is 30.0 Å². The van der Waals surface area contributed by atoms with Gasteiger partial charge in [0.05, 0.1) is 28.4 Å². The number of rotatable bonds is 4. The minimum Gasteiger partial charge on any atom is -0.397 e. The van der Waals surface area contributed by atoms with E-state index in [1.165, 1.54) is 23.1 Å². The van der Waals surface area contributed by atoms with Crippen LogP contribution in [0.1, 0.15) is 0 Å². The van der Waals surface area contributed by atoms with Crippen molar-refractivity contribution in [3.8, 4) is 12.1 Å². The lowest BCUT2D eigenvalue weighted by Gasteiger charge is -2.20. The molecule has 0 heterocycles. The van der Waals surface area contributed by atoms with Crippen molar-refractivity contribution in [3.05, 3.63) is 18.2 Å². The van der Waals surface area contributed by atoms with Crippen molar-refractivity contribution in [1.82, 2.24) is 0 Å². The van der Waals surface area contributed by atoms with E-state index in [9.17, 15) is 8.42 Å². The van der Waals surface area contributed by atoms with Gasteiger partial charge in [0.15, 0.2) is 9.84 Å². The number of nitrogens with zero attached hydrogens (tertiary/aromatic N) is 3. The number of nitrogens with two attached hydrogens (primary N) is 1. The van der Waals surface area contributed by atoms with E-state index in [4.69, 9.17) is 16.3 Å². The fraction of sp³-hybridized carbons (Fsp3) is 0.273. The van der Waals surface area contributed by atoms with Crippen molar-refractivity contribution < 1.29 is 8.42 Å². The summed E-state index contributed by atoms with van der Waals surface area (Å²) in [6, 6.07) is 8.08. The first-order valence-electron chi connectivity index (χ1n) is 4.98. The highest BCUT2D eigenvalue weighted by molar-refractivity contribution is 7.90. The molecule has 0 aliphatic carbocycles. The van der Waals surface area contributed by atoms with Crippen LogP contribution in [-0.2, 0) is 9.84 Å². The average molecular weight is 264 g/mol. The Labute approximate surface area is 106 Å². The van der Waals surface area contributed by atoms with Gasteiger partial charge in [-0.05, 0) is 18.2 Å². The fourth-order valence-corrected chi connectivity index (χ4v) is 2.10. The van der Waals surface area contributed by atoms with E-state index in [1.54, 1.807) is 0 Å². The molecule has 6 nitrogen and oxygen atoms in total. The van der Waals surface area contributed by atoms with E-state index in [1.807, 2.05) is 12.1 Å². The molecular formula is C11H12N4O2S. The predicted molar refractivity (Wildman–Crippen MR) is 67.4 cm³/mol. The zero-order valence-corrected chi connectivity index (χ0v) is 10.6. The van der Waals surface area contributed by atoms with Crippen LogP contribution < -0.4 is 10.6 Å². The first-order valence-corrected chi connectivity index (χ1v) is 6.87. The van der Waals surface area contributed by atoms with E-state index in [-0.39, 0.29) is 23.7 Å². The van der Waals surface area contributed by atoms with Gasteiger partial charge in [-0.25, -0.2) is 8.42 Å². The molecule has 1 aromatic rings. The second-order valence-electron chi connectivity index (χ2n) is 3.67. The Balaban J connectivity index is 3.20. The number of nitriles is 2. The van der Waals surface area contributed by atoms with Gasteiger partial charge in [-0.2, -0.15) is 10.5 Å². The Morgan fingerprint density at radius 3 is 2.22 bits per heavy atom. The smallest absolute Gasteiger partial charge is 0.175 e. The van der Waals surface area contributed by atoms with Gasteiger partial charge in [-0.3, -0.25) is 0 Å². The highest BCUT2D eigenvalue weighted by Crippen LogP contribution is 2.25. The summed E-state index contributed by atoms with van der Waals surface area (Å²) in [5.41, 5.74) is 6.46. The monoisotopic (exact) mass is 264 g/mol. The first kappa shape index (κ1) is 13.8. The third-order valence-corrected chi connectivity index (χ3v) is 3.40. The third-order valence-electron chi connectivity index (χ3n) is 2.29. The van der Waals surface area contributed by atoms with E-state index in [0.717, 1.165) is 6.26 Å². The van der Waals surface area contributed by atoms with E-state index >= 15 is 0 Å². The molecule has 7 heteroatoms. The Morgan fingerprint density at radius 1 is 1.28 bits per heavy atom. The molecule has 0 saturated heterocycles. The molecule has 1 aromatic carbocycles. The van der Waals surface area contributed by atoms with E-state index in [2.05, 4.69) is 0 Å². The van der Waals surface area contributed by atoms with Gasteiger partial charge in [0, 0.05) is 6.26 Å². The molecule has 0 aromatic heterocycles. The molecule has 0 aliphatic heterocycles. The summed E-state index contributed by atoms with van der Waals surface area (Å²) < 4.78 is 22.7. The van der Waals surface area contributed by atoms with Gasteiger partial charge < -0.3 is 10.6 Å². The molecule has 0 aliphatic rings. The van der Waals surface area contributed by atoms with Crippen molar-refractivity contribution >= 4 is 21.2 Å². The lowest BCUT2D eigenvalue weighted by atomic mass is 10.2. The second kappa shape index (κ2) is 5.39. The third kappa shape index (κ3) is 3.12. The zero-order valence-electron chi connectivity index (χ0n) is 9.79. The number of sulfone groups is 1. The summed E-state index contributed by atoms with van der Waals surface area (Å²) in [5, 5.41) is 17.3. The standard InChI is InChI=1S/C11H12N4O2S/c1-18(16,17)9-2-3-11(10(14)8-9)15(6-4-12)7-5-13/h2-3,8H,6-7,14H2,1H3. The van der Waals surface area contributed by atoms with E-state index in [0.29, 0.717) is 5.69 Å². The number of hydrogen-bond acceptors (Lipinski definition) is 6. The van der Waals surface area contributed by atoms with Crippen LogP contribution in [0.4, 0.5) is 11.4 Å². The number of hydrogen-bond donors (Lipinski definition) is 1. The van der Waals surface area contributed by atoms with Crippen LogP contribution in [0.15, 0.2) is 23.1 Å². The largest absolute Gasteiger partial charge is 0.397 e. The summed E-state index contributed by atoms with van der Waals surface area (Å²) in [5.74, 6) is 0. The summed E-state index contributed by atoms with van der Waals surface area (Å²) >= 11 is 0. The van der Waals surface area contributed by atoms with Gasteiger partial charge in [0.25, 0.3) is 0 Å². The summed E-state index contributed by atoms with van der Waals surface area (Å²) in [6.07, 6.45) is 1.09. The first-order chi connectivity index (χ1) is 8.40. The lowest BCUT2D eigenvalue weighted by molar-refractivity contribution is 0.602. The molecule has 0 spiro atoms. The molecule has 0 atom stereocenters. The average Bonchev–Trinajstić information content (AvgIpc) is 2.27. The predicted octanol–water partition coefficient (Wildman–Crippen LogP) is 0.526. The second-order valence-corrected chi connectivity index (χ2v) is 5.68. The topological polar surface area (TPSA) is 111 Å². The number of anilines is 2. The Hall–Kier alpha value is -2.25. The van der Waals surface area contributed by atoms with Crippen LogP contribution in [0.5, 0.6) is 0 Å². The number of nitrogen functional groups attached to an aromatic ring is 1. The molecule has 0 radical (unpaired) electrons. The summed E-state index contributed by atoms with van der Waals surface area (Å²) in [4.78, 5) is 1.58. The van der Waals surface area contributed by atoms with Crippen LogP contribution in [0.25, 0.3) is 0 Å². The molecule has 2 N–H and O–H groups in total. The van der Waals surface area contributed by atoms with Gasteiger partial charge in [0.2, 0.25) is 0 Å². The van der Waals surface area contributed by atoms with Gasteiger partial charge in [-0.15, -0.1) is 0 Å². The van der Waals surface area contributed by atoms with Crippen molar-refractivity contribution in [2.24, 2.45) is 0 Å². The Kier molecular flexibility index (Phi) is 4.13. The van der Waals surface area contributed by atoms with Crippen molar-refractivity contribution in [2.45, 2.75) is 4.90 Å². The maximum absolute atomic E-state index is 11.3. The SMILES string of the molecule is CS(=O)(=O)c1ccc(N(CC#N)CC#N)c(N)c1. The highest BCUT2D eigenvalue weighted by atomic mass is 32.2. The normalized spacial score (nSPS) is 10.4. The van der Waals surface area contributed by atoms with Crippen molar-refractivity contribution in [3.63, 3.8) is 0 Å². The van der Waals surface area contributed by atoms with Gasteiger partial charge in [0.1, 0.15) is 13.1 Å². The van der Waals surface area contributed by atoms with Crippen LogP contribution in [-0.4, -0.2) is 27.8 Å². The molecular weight excluding hydrogens is 252 g/mol. The van der Waals surface area contributed by atoms with Crippen LogP contribution in [0, 0.1) is 22.7 Å². The molecule has 18 heavy (non-hydrogen) atoms. The molecule has 1 rings (SSSR count). The molecule has 0 fully saturated rings. The van der Waals surface area contributed by atoms with E-state index < -0.39 is 9.84 Å². The maximum atomic E-state index is 11.3. The number of benzene rings is 1. The lowest BCUT2D eigenvalue weighted by Crippen LogP contribution is -2.24. The minimum absolute atomic E-state index is 0.00990. The Morgan fingerprint density at radius 2 is 1.83 bits per heavy atom. The fourth-order valence-electron chi connectivity index (χ4n) is 1.45. The zero-order chi connectivity index (χ0) is 13.8. The van der Waals surface area contributed by atoms with Gasteiger partial charge >= 0.3 is 0 Å². The Bertz CT molecular complexity index is 609. The molecule has 94 valence electrons. The molecule has 0 unspecified atom stereocenters. The van der Waals surface area contributed by atoms with Crippen LogP contribution >= 0.6 is 0 Å². The maximum Gasteiger partial charge on any atom is 0.175 e. The van der Waals surface area contributed by atoms with Gasteiger partial charge in [-0.1, -0.05) is 0 Å².